The van der Waals surface area contributed by atoms with Crippen LogP contribution < -0.4 is 15.8 Å². The minimum Gasteiger partial charge on any atom is -0.496 e. The fraction of sp³-hybridized carbons (Fsp3) is 0.533. The van der Waals surface area contributed by atoms with Crippen molar-refractivity contribution < 1.29 is 9.53 Å². The van der Waals surface area contributed by atoms with Gasteiger partial charge in [0.25, 0.3) is 5.91 Å². The van der Waals surface area contributed by atoms with E-state index in [1.54, 1.807) is 12.1 Å². The van der Waals surface area contributed by atoms with E-state index in [1.807, 2.05) is 0 Å². The molecule has 1 aromatic carbocycles. The zero-order valence-corrected chi connectivity index (χ0v) is 12.7. The number of hydrogen-bond donors (Lipinski definition) is 2. The molecule has 110 valence electrons. The van der Waals surface area contributed by atoms with Crippen molar-refractivity contribution >= 4 is 23.2 Å². The van der Waals surface area contributed by atoms with Gasteiger partial charge in [-0.15, -0.1) is 0 Å². The van der Waals surface area contributed by atoms with Crippen LogP contribution in [0.25, 0.3) is 0 Å². The topological polar surface area (TPSA) is 64.3 Å². The summed E-state index contributed by atoms with van der Waals surface area (Å²) in [6, 6.07) is 3.14. The van der Waals surface area contributed by atoms with Gasteiger partial charge in [0.1, 0.15) is 5.75 Å². The first-order valence-electron chi connectivity index (χ1n) is 6.86. The van der Waals surface area contributed by atoms with Gasteiger partial charge in [0.15, 0.2) is 0 Å². The molecule has 0 unspecified atom stereocenters. The molecule has 1 aliphatic carbocycles. The van der Waals surface area contributed by atoms with Crippen LogP contribution in [-0.2, 0) is 0 Å². The van der Waals surface area contributed by atoms with Crippen LogP contribution in [0.5, 0.6) is 5.75 Å². The van der Waals surface area contributed by atoms with Gasteiger partial charge in [-0.1, -0.05) is 31.4 Å². The fourth-order valence-electron chi connectivity index (χ4n) is 2.71. The Morgan fingerprint density at radius 1 is 1.45 bits per heavy atom. The second-order valence-corrected chi connectivity index (χ2v) is 6.18. The second-order valence-electron chi connectivity index (χ2n) is 5.77. The molecule has 0 saturated heterocycles. The van der Waals surface area contributed by atoms with E-state index >= 15 is 0 Å². The van der Waals surface area contributed by atoms with Crippen LogP contribution in [-0.4, -0.2) is 19.6 Å². The summed E-state index contributed by atoms with van der Waals surface area (Å²) < 4.78 is 5.20. The average Bonchev–Trinajstić information content (AvgIpc) is 2.86. The molecule has 0 radical (unpaired) electrons. The minimum absolute atomic E-state index is 0.170. The van der Waals surface area contributed by atoms with Gasteiger partial charge in [-0.3, -0.25) is 4.79 Å². The molecular weight excluding hydrogens is 276 g/mol. The van der Waals surface area contributed by atoms with Crippen molar-refractivity contribution in [1.82, 2.24) is 5.32 Å². The van der Waals surface area contributed by atoms with Crippen LogP contribution in [0.15, 0.2) is 12.1 Å². The monoisotopic (exact) mass is 296 g/mol. The van der Waals surface area contributed by atoms with E-state index in [-0.39, 0.29) is 11.3 Å². The number of carbonyl (C=O) groups is 1. The van der Waals surface area contributed by atoms with E-state index in [0.29, 0.717) is 28.6 Å². The maximum atomic E-state index is 12.3. The third-order valence-electron chi connectivity index (χ3n) is 4.05. The maximum absolute atomic E-state index is 12.3. The molecule has 0 spiro atoms. The highest BCUT2D eigenvalue weighted by Crippen LogP contribution is 2.37. The molecule has 1 aliphatic rings. The van der Waals surface area contributed by atoms with Gasteiger partial charge in [-0.2, -0.15) is 0 Å². The number of rotatable bonds is 4. The maximum Gasteiger partial charge on any atom is 0.255 e. The fourth-order valence-corrected chi connectivity index (χ4v) is 2.87. The van der Waals surface area contributed by atoms with Crippen LogP contribution in [0.1, 0.15) is 43.0 Å². The van der Waals surface area contributed by atoms with Crippen molar-refractivity contribution in [2.24, 2.45) is 5.41 Å². The number of ether oxygens (including phenoxy) is 1. The highest BCUT2D eigenvalue weighted by molar-refractivity contribution is 6.33. The normalized spacial score (nSPS) is 16.9. The SMILES string of the molecule is COc1cc(N)c(Cl)cc1C(=O)NCC1(C)CCCC1. The van der Waals surface area contributed by atoms with Gasteiger partial charge >= 0.3 is 0 Å². The third kappa shape index (κ3) is 3.18. The smallest absolute Gasteiger partial charge is 0.255 e. The number of hydrogen-bond acceptors (Lipinski definition) is 3. The Morgan fingerprint density at radius 2 is 2.10 bits per heavy atom. The average molecular weight is 297 g/mol. The summed E-state index contributed by atoms with van der Waals surface area (Å²) in [5.74, 6) is 0.276. The Labute approximate surface area is 124 Å². The van der Waals surface area contributed by atoms with Crippen LogP contribution in [0.2, 0.25) is 5.02 Å². The molecule has 1 aromatic rings. The van der Waals surface area contributed by atoms with Crippen LogP contribution in [0, 0.1) is 5.41 Å². The lowest BCUT2D eigenvalue weighted by Gasteiger charge is -2.24. The summed E-state index contributed by atoms with van der Waals surface area (Å²) >= 11 is 5.98. The van der Waals surface area contributed by atoms with E-state index < -0.39 is 0 Å². The van der Waals surface area contributed by atoms with Gasteiger partial charge < -0.3 is 15.8 Å². The summed E-state index contributed by atoms with van der Waals surface area (Å²) in [5, 5.41) is 3.35. The van der Waals surface area contributed by atoms with Gasteiger partial charge in [-0.05, 0) is 24.3 Å². The predicted octanol–water partition coefficient (Wildman–Crippen LogP) is 3.24. The zero-order valence-electron chi connectivity index (χ0n) is 12.0. The highest BCUT2D eigenvalue weighted by Gasteiger charge is 2.29. The van der Waals surface area contributed by atoms with Gasteiger partial charge in [0.2, 0.25) is 0 Å². The first-order valence-corrected chi connectivity index (χ1v) is 7.24. The van der Waals surface area contributed by atoms with Crippen molar-refractivity contribution in [3.8, 4) is 5.75 Å². The van der Waals surface area contributed by atoms with Gasteiger partial charge in [0, 0.05) is 12.6 Å². The van der Waals surface area contributed by atoms with Crippen molar-refractivity contribution in [2.75, 3.05) is 19.4 Å². The Balaban J connectivity index is 2.10. The minimum atomic E-state index is -0.170. The Bertz CT molecular complexity index is 511. The Morgan fingerprint density at radius 3 is 2.70 bits per heavy atom. The molecule has 1 amide bonds. The molecule has 4 nitrogen and oxygen atoms in total. The summed E-state index contributed by atoms with van der Waals surface area (Å²) in [5.41, 5.74) is 6.75. The van der Waals surface area contributed by atoms with Crippen molar-refractivity contribution in [3.05, 3.63) is 22.7 Å². The molecule has 2 rings (SSSR count). The number of benzene rings is 1. The van der Waals surface area contributed by atoms with Gasteiger partial charge in [-0.25, -0.2) is 0 Å². The van der Waals surface area contributed by atoms with Crippen molar-refractivity contribution in [2.45, 2.75) is 32.6 Å². The first-order chi connectivity index (χ1) is 9.45. The van der Waals surface area contributed by atoms with Gasteiger partial charge in [0.05, 0.1) is 23.4 Å². The molecule has 20 heavy (non-hydrogen) atoms. The Kier molecular flexibility index (Phi) is 4.43. The predicted molar refractivity (Wildman–Crippen MR) is 81.3 cm³/mol. The number of methoxy groups -OCH3 is 1. The van der Waals surface area contributed by atoms with E-state index in [1.165, 1.54) is 20.0 Å². The number of anilines is 1. The summed E-state index contributed by atoms with van der Waals surface area (Å²) in [6.45, 7) is 2.89. The number of nitrogens with two attached hydrogens (primary N) is 1. The molecule has 0 bridgehead atoms. The molecule has 1 fully saturated rings. The van der Waals surface area contributed by atoms with E-state index in [4.69, 9.17) is 22.1 Å². The summed E-state index contributed by atoms with van der Waals surface area (Å²) in [4.78, 5) is 12.3. The number of amides is 1. The number of nitrogen functional groups attached to an aromatic ring is 1. The molecule has 5 heteroatoms. The van der Waals surface area contributed by atoms with Crippen molar-refractivity contribution in [1.29, 1.82) is 0 Å². The lowest BCUT2D eigenvalue weighted by atomic mass is 9.89. The second kappa shape index (κ2) is 5.92. The Hall–Kier alpha value is -1.42. The molecule has 0 aliphatic heterocycles. The van der Waals surface area contributed by atoms with E-state index in [9.17, 15) is 4.79 Å². The lowest BCUT2D eigenvalue weighted by molar-refractivity contribution is 0.0931. The quantitative estimate of drug-likeness (QED) is 0.838. The van der Waals surface area contributed by atoms with Crippen molar-refractivity contribution in [3.63, 3.8) is 0 Å². The number of carbonyl (C=O) groups excluding carboxylic acids is 1. The molecule has 1 saturated carbocycles. The largest absolute Gasteiger partial charge is 0.496 e. The van der Waals surface area contributed by atoms with Crippen LogP contribution >= 0.6 is 11.6 Å². The standard InChI is InChI=1S/C15H21ClN2O2/c1-15(5-3-4-6-15)9-18-14(19)10-7-11(16)12(17)8-13(10)20-2/h7-8H,3-6,9,17H2,1-2H3,(H,18,19). The third-order valence-corrected chi connectivity index (χ3v) is 4.38. The first kappa shape index (κ1) is 15.0. The van der Waals surface area contributed by atoms with E-state index in [2.05, 4.69) is 12.2 Å². The zero-order chi connectivity index (χ0) is 14.8. The number of nitrogens with one attached hydrogen (secondary N) is 1. The van der Waals surface area contributed by atoms with Crippen LogP contribution in [0.4, 0.5) is 5.69 Å². The molecule has 0 aromatic heterocycles. The van der Waals surface area contributed by atoms with E-state index in [0.717, 1.165) is 12.8 Å². The summed E-state index contributed by atoms with van der Waals surface area (Å²) in [6.07, 6.45) is 4.80. The highest BCUT2D eigenvalue weighted by atomic mass is 35.5. The molecule has 0 heterocycles. The number of halogens is 1. The summed E-state index contributed by atoms with van der Waals surface area (Å²) in [7, 11) is 1.51. The lowest BCUT2D eigenvalue weighted by Crippen LogP contribution is -2.34. The molecule has 3 N–H and O–H groups in total. The molecule has 0 atom stereocenters. The van der Waals surface area contributed by atoms with Crippen LogP contribution in [0.3, 0.4) is 0 Å². The molecular formula is C15H21ClN2O2.